The second kappa shape index (κ2) is 5.78. The zero-order valence-electron chi connectivity index (χ0n) is 8.33. The average Bonchev–Trinajstić information content (AvgIpc) is 2.15. The highest BCUT2D eigenvalue weighted by Gasteiger charge is 2.03. The number of hydrogen-bond donors (Lipinski definition) is 1. The standard InChI is InChI=1S/C9H14ClN3O/c1-7-11-4-3-9(13-7)12-5-8(10)6-14-2/h3-4,8H,5-6H2,1-2H3,(H,11,12,13). The van der Waals surface area contributed by atoms with Gasteiger partial charge in [-0.2, -0.15) is 0 Å². The summed E-state index contributed by atoms with van der Waals surface area (Å²) in [6.07, 6.45) is 1.71. The van der Waals surface area contributed by atoms with Gasteiger partial charge >= 0.3 is 0 Å². The van der Waals surface area contributed by atoms with Gasteiger partial charge in [0.1, 0.15) is 11.6 Å². The molecule has 1 aromatic rings. The number of ether oxygens (including phenoxy) is 1. The molecule has 1 unspecified atom stereocenters. The monoisotopic (exact) mass is 215 g/mol. The van der Waals surface area contributed by atoms with Crippen LogP contribution < -0.4 is 5.32 Å². The molecule has 0 fully saturated rings. The predicted octanol–water partition coefficient (Wildman–Crippen LogP) is 1.45. The zero-order chi connectivity index (χ0) is 10.4. The van der Waals surface area contributed by atoms with E-state index in [4.69, 9.17) is 16.3 Å². The highest BCUT2D eigenvalue weighted by Crippen LogP contribution is 2.03. The third kappa shape index (κ3) is 3.89. The molecule has 1 rings (SSSR count). The minimum Gasteiger partial charge on any atom is -0.383 e. The van der Waals surface area contributed by atoms with Crippen LogP contribution in [0.2, 0.25) is 0 Å². The van der Waals surface area contributed by atoms with Gasteiger partial charge in [0.2, 0.25) is 0 Å². The summed E-state index contributed by atoms with van der Waals surface area (Å²) in [4.78, 5) is 8.18. The van der Waals surface area contributed by atoms with Crippen LogP contribution in [0, 0.1) is 6.92 Å². The SMILES string of the molecule is COCC(Cl)CNc1ccnc(C)n1. The van der Waals surface area contributed by atoms with E-state index in [1.807, 2.05) is 13.0 Å². The lowest BCUT2D eigenvalue weighted by molar-refractivity contribution is 0.200. The molecule has 0 aliphatic carbocycles. The van der Waals surface area contributed by atoms with E-state index >= 15 is 0 Å². The molecule has 4 nitrogen and oxygen atoms in total. The number of nitrogens with zero attached hydrogens (tertiary/aromatic N) is 2. The molecule has 0 bridgehead atoms. The van der Waals surface area contributed by atoms with Gasteiger partial charge in [0.05, 0.1) is 12.0 Å². The van der Waals surface area contributed by atoms with Gasteiger partial charge in [0, 0.05) is 19.9 Å². The van der Waals surface area contributed by atoms with Gasteiger partial charge in [-0.15, -0.1) is 11.6 Å². The fourth-order valence-electron chi connectivity index (χ4n) is 1.01. The lowest BCUT2D eigenvalue weighted by atomic mass is 10.4. The summed E-state index contributed by atoms with van der Waals surface area (Å²) in [7, 11) is 1.63. The van der Waals surface area contributed by atoms with Crippen LogP contribution >= 0.6 is 11.6 Å². The molecule has 78 valence electrons. The average molecular weight is 216 g/mol. The molecular formula is C9H14ClN3O. The predicted molar refractivity (Wildman–Crippen MR) is 56.8 cm³/mol. The highest BCUT2D eigenvalue weighted by atomic mass is 35.5. The molecule has 0 radical (unpaired) electrons. The fraction of sp³-hybridized carbons (Fsp3) is 0.556. The number of aryl methyl sites for hydroxylation is 1. The second-order valence-corrected chi connectivity index (χ2v) is 3.54. The molecule has 5 heteroatoms. The van der Waals surface area contributed by atoms with E-state index < -0.39 is 0 Å². The normalized spacial score (nSPS) is 12.5. The minimum absolute atomic E-state index is 0.0460. The molecular weight excluding hydrogens is 202 g/mol. The molecule has 0 amide bonds. The number of hydrogen-bond acceptors (Lipinski definition) is 4. The van der Waals surface area contributed by atoms with Gasteiger partial charge in [-0.1, -0.05) is 0 Å². The Morgan fingerprint density at radius 1 is 1.64 bits per heavy atom. The molecule has 0 spiro atoms. The second-order valence-electron chi connectivity index (χ2n) is 2.92. The number of nitrogens with one attached hydrogen (secondary N) is 1. The third-order valence-electron chi connectivity index (χ3n) is 1.63. The molecule has 1 heterocycles. The van der Waals surface area contributed by atoms with Gasteiger partial charge in [-0.25, -0.2) is 9.97 Å². The maximum Gasteiger partial charge on any atom is 0.129 e. The van der Waals surface area contributed by atoms with Crippen LogP contribution in [0.4, 0.5) is 5.82 Å². The van der Waals surface area contributed by atoms with E-state index in [1.165, 1.54) is 0 Å². The first-order chi connectivity index (χ1) is 6.72. The summed E-state index contributed by atoms with van der Waals surface area (Å²) >= 11 is 5.94. The van der Waals surface area contributed by atoms with E-state index in [2.05, 4.69) is 15.3 Å². The van der Waals surface area contributed by atoms with E-state index in [1.54, 1.807) is 13.3 Å². The summed E-state index contributed by atoms with van der Waals surface area (Å²) in [5, 5.41) is 3.06. The Bertz CT molecular complexity index is 283. The van der Waals surface area contributed by atoms with E-state index in [0.717, 1.165) is 11.6 Å². The third-order valence-corrected chi connectivity index (χ3v) is 1.91. The fourth-order valence-corrected chi connectivity index (χ4v) is 1.21. The maximum atomic E-state index is 5.94. The van der Waals surface area contributed by atoms with Crippen LogP contribution in [0.25, 0.3) is 0 Å². The Kier molecular flexibility index (Phi) is 4.62. The topological polar surface area (TPSA) is 47.0 Å². The highest BCUT2D eigenvalue weighted by molar-refractivity contribution is 6.21. The van der Waals surface area contributed by atoms with E-state index in [9.17, 15) is 0 Å². The first kappa shape index (κ1) is 11.2. The molecule has 1 aromatic heterocycles. The summed E-state index contributed by atoms with van der Waals surface area (Å²) in [6.45, 7) is 3.00. The molecule has 0 aromatic carbocycles. The van der Waals surface area contributed by atoms with Crippen molar-refractivity contribution in [3.63, 3.8) is 0 Å². The van der Waals surface area contributed by atoms with Crippen LogP contribution in [-0.4, -0.2) is 35.6 Å². The lowest BCUT2D eigenvalue weighted by Gasteiger charge is -2.10. The van der Waals surface area contributed by atoms with Crippen molar-refractivity contribution in [1.82, 2.24) is 9.97 Å². The van der Waals surface area contributed by atoms with E-state index in [0.29, 0.717) is 13.2 Å². The van der Waals surface area contributed by atoms with Gasteiger partial charge in [-0.05, 0) is 13.0 Å². The molecule has 14 heavy (non-hydrogen) atoms. The van der Waals surface area contributed by atoms with Crippen molar-refractivity contribution in [3.8, 4) is 0 Å². The van der Waals surface area contributed by atoms with Crippen molar-refractivity contribution >= 4 is 17.4 Å². The number of rotatable bonds is 5. The molecule has 0 aliphatic heterocycles. The Morgan fingerprint density at radius 2 is 2.43 bits per heavy atom. The lowest BCUT2D eigenvalue weighted by Crippen LogP contribution is -2.19. The Morgan fingerprint density at radius 3 is 3.07 bits per heavy atom. The van der Waals surface area contributed by atoms with Crippen LogP contribution in [0.3, 0.4) is 0 Å². The van der Waals surface area contributed by atoms with E-state index in [-0.39, 0.29) is 5.38 Å². The van der Waals surface area contributed by atoms with Gasteiger partial charge in [0.15, 0.2) is 0 Å². The van der Waals surface area contributed by atoms with Crippen molar-refractivity contribution < 1.29 is 4.74 Å². The van der Waals surface area contributed by atoms with Crippen LogP contribution in [0.1, 0.15) is 5.82 Å². The van der Waals surface area contributed by atoms with Gasteiger partial charge in [0.25, 0.3) is 0 Å². The summed E-state index contributed by atoms with van der Waals surface area (Å²) < 4.78 is 4.91. The van der Waals surface area contributed by atoms with Crippen LogP contribution in [0.5, 0.6) is 0 Å². The largest absolute Gasteiger partial charge is 0.383 e. The first-order valence-corrected chi connectivity index (χ1v) is 4.82. The van der Waals surface area contributed by atoms with Gasteiger partial charge < -0.3 is 10.1 Å². The van der Waals surface area contributed by atoms with Gasteiger partial charge in [-0.3, -0.25) is 0 Å². The number of methoxy groups -OCH3 is 1. The summed E-state index contributed by atoms with van der Waals surface area (Å²) in [6, 6.07) is 1.81. The molecule has 1 N–H and O–H groups in total. The zero-order valence-corrected chi connectivity index (χ0v) is 9.08. The Labute approximate surface area is 88.7 Å². The summed E-state index contributed by atoms with van der Waals surface area (Å²) in [5.74, 6) is 1.53. The Balaban J connectivity index is 2.37. The summed E-state index contributed by atoms with van der Waals surface area (Å²) in [5.41, 5.74) is 0. The van der Waals surface area contributed by atoms with Crippen LogP contribution in [0.15, 0.2) is 12.3 Å². The quantitative estimate of drug-likeness (QED) is 0.756. The number of aromatic nitrogens is 2. The maximum absolute atomic E-state index is 5.94. The van der Waals surface area contributed by atoms with Crippen LogP contribution in [-0.2, 0) is 4.74 Å². The molecule has 0 saturated carbocycles. The molecule has 0 aliphatic rings. The molecule has 1 atom stereocenters. The van der Waals surface area contributed by atoms with Crippen molar-refractivity contribution in [1.29, 1.82) is 0 Å². The number of anilines is 1. The molecule has 0 saturated heterocycles. The van der Waals surface area contributed by atoms with Crippen molar-refractivity contribution in [2.45, 2.75) is 12.3 Å². The minimum atomic E-state index is -0.0460. The van der Waals surface area contributed by atoms with Crippen molar-refractivity contribution in [2.75, 3.05) is 25.6 Å². The first-order valence-electron chi connectivity index (χ1n) is 4.39. The smallest absolute Gasteiger partial charge is 0.129 e. The van der Waals surface area contributed by atoms with Crippen molar-refractivity contribution in [2.24, 2.45) is 0 Å². The number of halogens is 1. The Hall–Kier alpha value is -0.870. The van der Waals surface area contributed by atoms with Crippen molar-refractivity contribution in [3.05, 3.63) is 18.1 Å². The number of alkyl halides is 1.